The lowest BCUT2D eigenvalue weighted by atomic mass is 10.1. The molecule has 5 heteroatoms. The van der Waals surface area contributed by atoms with Crippen LogP contribution in [0.2, 0.25) is 0 Å². The summed E-state index contributed by atoms with van der Waals surface area (Å²) in [5.74, 6) is -0.102. The summed E-state index contributed by atoms with van der Waals surface area (Å²) in [5.41, 5.74) is 5.24. The summed E-state index contributed by atoms with van der Waals surface area (Å²) >= 11 is 1.40. The molecule has 0 aliphatic rings. The highest BCUT2D eigenvalue weighted by Crippen LogP contribution is 2.26. The van der Waals surface area contributed by atoms with Crippen LogP contribution in [0.15, 0.2) is 64.8 Å². The van der Waals surface area contributed by atoms with Gasteiger partial charge in [0.15, 0.2) is 0 Å². The number of rotatable bonds is 4. The van der Waals surface area contributed by atoms with Crippen molar-refractivity contribution in [3.05, 3.63) is 97.5 Å². The summed E-state index contributed by atoms with van der Waals surface area (Å²) < 4.78 is 0. The van der Waals surface area contributed by atoms with Crippen molar-refractivity contribution >= 4 is 33.8 Å². The Morgan fingerprint density at radius 1 is 1.00 bits per heavy atom. The molecule has 29 heavy (non-hydrogen) atoms. The van der Waals surface area contributed by atoms with Crippen LogP contribution in [0.4, 0.5) is 5.69 Å². The Balaban J connectivity index is 1.80. The Morgan fingerprint density at radius 3 is 2.48 bits per heavy atom. The first kappa shape index (κ1) is 19.2. The van der Waals surface area contributed by atoms with Crippen molar-refractivity contribution in [3.63, 3.8) is 0 Å². The second-order valence-corrected chi connectivity index (χ2v) is 8.32. The largest absolute Gasteiger partial charge is 0.322 e. The van der Waals surface area contributed by atoms with Gasteiger partial charge < -0.3 is 9.88 Å². The third-order valence-corrected chi connectivity index (χ3v) is 5.88. The molecule has 2 aromatic heterocycles. The maximum atomic E-state index is 13.3. The highest BCUT2D eigenvalue weighted by atomic mass is 32.1. The number of aromatic nitrogens is 1. The molecule has 0 aliphatic heterocycles. The number of aromatic amines is 1. The van der Waals surface area contributed by atoms with Crippen LogP contribution >= 0.6 is 11.3 Å². The van der Waals surface area contributed by atoms with E-state index < -0.39 is 0 Å². The number of hydrogen-bond donors (Lipinski definition) is 1. The molecule has 0 unspecified atom stereocenters. The number of amides is 1. The summed E-state index contributed by atoms with van der Waals surface area (Å²) in [6.45, 7) is 6.22. The van der Waals surface area contributed by atoms with Gasteiger partial charge in [0.05, 0.1) is 11.4 Å². The number of fused-ring (bicyclic) bond motifs is 1. The number of thiophene rings is 1. The number of nitrogens with one attached hydrogen (secondary N) is 1. The third-order valence-electron chi connectivity index (χ3n) is 5.03. The monoisotopic (exact) mass is 402 g/mol. The van der Waals surface area contributed by atoms with Crippen LogP contribution in [-0.2, 0) is 6.54 Å². The molecular weight excluding hydrogens is 380 g/mol. The molecule has 2 heterocycles. The van der Waals surface area contributed by atoms with E-state index in [4.69, 9.17) is 0 Å². The number of benzene rings is 2. The predicted octanol–water partition coefficient (Wildman–Crippen LogP) is 5.36. The number of carbonyl (C=O) groups excluding carboxylic acids is 1. The number of carbonyl (C=O) groups is 1. The molecule has 4 aromatic rings. The third kappa shape index (κ3) is 3.87. The van der Waals surface area contributed by atoms with Gasteiger partial charge in [-0.1, -0.05) is 35.9 Å². The van der Waals surface area contributed by atoms with Crippen molar-refractivity contribution in [3.8, 4) is 0 Å². The fraction of sp³-hybridized carbons (Fsp3) is 0.167. The van der Waals surface area contributed by atoms with Crippen molar-refractivity contribution in [2.45, 2.75) is 27.3 Å². The zero-order chi connectivity index (χ0) is 20.5. The molecule has 0 aliphatic carbocycles. The fourth-order valence-electron chi connectivity index (χ4n) is 3.56. The van der Waals surface area contributed by atoms with E-state index in [0.717, 1.165) is 33.3 Å². The van der Waals surface area contributed by atoms with Crippen LogP contribution in [0.5, 0.6) is 0 Å². The number of nitrogens with zero attached hydrogens (tertiary/aromatic N) is 1. The van der Waals surface area contributed by atoms with Gasteiger partial charge in [-0.15, -0.1) is 11.3 Å². The van der Waals surface area contributed by atoms with E-state index in [0.29, 0.717) is 10.4 Å². The Labute approximate surface area is 173 Å². The predicted molar refractivity (Wildman–Crippen MR) is 120 cm³/mol. The van der Waals surface area contributed by atoms with Crippen molar-refractivity contribution in [1.82, 2.24) is 4.98 Å². The Kier molecular flexibility index (Phi) is 5.07. The molecule has 4 nitrogen and oxygen atoms in total. The topological polar surface area (TPSA) is 53.2 Å². The lowest BCUT2D eigenvalue weighted by molar-refractivity contribution is 0.0989. The zero-order valence-electron chi connectivity index (χ0n) is 16.7. The van der Waals surface area contributed by atoms with Gasteiger partial charge in [-0.2, -0.15) is 0 Å². The van der Waals surface area contributed by atoms with Crippen molar-refractivity contribution in [2.75, 3.05) is 4.90 Å². The maximum absolute atomic E-state index is 13.3. The number of aryl methyl sites for hydroxylation is 3. The Hall–Kier alpha value is -3.18. The minimum absolute atomic E-state index is 0.102. The van der Waals surface area contributed by atoms with E-state index in [1.54, 1.807) is 4.90 Å². The van der Waals surface area contributed by atoms with Gasteiger partial charge in [0, 0.05) is 16.8 Å². The van der Waals surface area contributed by atoms with Crippen LogP contribution in [0.1, 0.15) is 31.9 Å². The molecule has 0 atom stereocenters. The first-order valence-electron chi connectivity index (χ1n) is 9.47. The molecule has 2 aromatic carbocycles. The average molecular weight is 403 g/mol. The second-order valence-electron chi connectivity index (χ2n) is 7.37. The van der Waals surface area contributed by atoms with Gasteiger partial charge in [-0.25, -0.2) is 0 Å². The molecule has 146 valence electrons. The van der Waals surface area contributed by atoms with Gasteiger partial charge in [0.25, 0.3) is 11.5 Å². The van der Waals surface area contributed by atoms with Gasteiger partial charge in [0.2, 0.25) is 0 Å². The zero-order valence-corrected chi connectivity index (χ0v) is 17.5. The summed E-state index contributed by atoms with van der Waals surface area (Å²) in [6.07, 6.45) is 0. The minimum atomic E-state index is -0.170. The number of pyridine rings is 1. The highest BCUT2D eigenvalue weighted by molar-refractivity contribution is 7.12. The van der Waals surface area contributed by atoms with Gasteiger partial charge in [0.1, 0.15) is 0 Å². The van der Waals surface area contributed by atoms with Crippen molar-refractivity contribution in [2.24, 2.45) is 0 Å². The first-order valence-corrected chi connectivity index (χ1v) is 10.4. The van der Waals surface area contributed by atoms with E-state index in [1.807, 2.05) is 74.7 Å². The quantitative estimate of drug-likeness (QED) is 0.499. The molecule has 0 fully saturated rings. The van der Waals surface area contributed by atoms with Crippen LogP contribution in [0.3, 0.4) is 0 Å². The molecule has 0 spiro atoms. The van der Waals surface area contributed by atoms with Crippen LogP contribution in [-0.4, -0.2) is 10.9 Å². The van der Waals surface area contributed by atoms with Crippen LogP contribution in [0, 0.1) is 20.8 Å². The maximum Gasteiger partial charge on any atom is 0.268 e. The van der Waals surface area contributed by atoms with Crippen molar-refractivity contribution in [1.29, 1.82) is 0 Å². The minimum Gasteiger partial charge on any atom is -0.322 e. The molecule has 0 radical (unpaired) electrons. The number of anilines is 1. The molecule has 1 amide bonds. The van der Waals surface area contributed by atoms with E-state index in [-0.39, 0.29) is 18.0 Å². The smallest absolute Gasteiger partial charge is 0.268 e. The van der Waals surface area contributed by atoms with Gasteiger partial charge >= 0.3 is 0 Å². The number of H-pyrrole nitrogens is 1. The summed E-state index contributed by atoms with van der Waals surface area (Å²) in [4.78, 5) is 31.4. The SMILES string of the molecule is Cc1ccc(N(Cc2cc3ccc(C)cc3[nH]c2=O)C(=O)c2cccs2)c(C)c1. The standard InChI is InChI=1S/C24H22N2O2S/c1-15-7-9-21(17(3)11-15)26(24(28)22-5-4-10-29-22)14-19-13-18-8-6-16(2)12-20(18)25-23(19)27/h4-13H,14H2,1-3H3,(H,25,27). The second kappa shape index (κ2) is 7.68. The Bertz CT molecular complexity index is 1260. The summed E-state index contributed by atoms with van der Waals surface area (Å²) in [6, 6.07) is 17.5. The fourth-order valence-corrected chi connectivity index (χ4v) is 4.23. The first-order chi connectivity index (χ1) is 13.9. The molecular formula is C24H22N2O2S. The highest BCUT2D eigenvalue weighted by Gasteiger charge is 2.22. The molecule has 0 saturated heterocycles. The molecule has 0 saturated carbocycles. The number of hydrogen-bond acceptors (Lipinski definition) is 3. The lowest BCUT2D eigenvalue weighted by Gasteiger charge is -2.24. The summed E-state index contributed by atoms with van der Waals surface area (Å²) in [7, 11) is 0. The Morgan fingerprint density at radius 2 is 1.76 bits per heavy atom. The van der Waals surface area contributed by atoms with E-state index >= 15 is 0 Å². The van der Waals surface area contributed by atoms with Crippen molar-refractivity contribution < 1.29 is 4.79 Å². The average Bonchev–Trinajstić information content (AvgIpc) is 3.21. The van der Waals surface area contributed by atoms with Crippen LogP contribution in [0.25, 0.3) is 10.9 Å². The molecule has 1 N–H and O–H groups in total. The van der Waals surface area contributed by atoms with Gasteiger partial charge in [-0.3, -0.25) is 9.59 Å². The van der Waals surface area contributed by atoms with E-state index in [2.05, 4.69) is 11.1 Å². The van der Waals surface area contributed by atoms with Gasteiger partial charge in [-0.05, 0) is 66.9 Å². The molecule has 0 bridgehead atoms. The van der Waals surface area contributed by atoms with Crippen LogP contribution < -0.4 is 10.5 Å². The van der Waals surface area contributed by atoms with E-state index in [1.165, 1.54) is 11.3 Å². The summed E-state index contributed by atoms with van der Waals surface area (Å²) in [5, 5.41) is 2.84. The molecule has 4 rings (SSSR count). The normalized spacial score (nSPS) is 11.0. The lowest BCUT2D eigenvalue weighted by Crippen LogP contribution is -2.33. The van der Waals surface area contributed by atoms with E-state index in [9.17, 15) is 9.59 Å².